The lowest BCUT2D eigenvalue weighted by atomic mass is 10.0. The van der Waals surface area contributed by atoms with Gasteiger partial charge >= 0.3 is 6.03 Å². The summed E-state index contributed by atoms with van der Waals surface area (Å²) in [5.41, 5.74) is 3.04. The highest BCUT2D eigenvalue weighted by molar-refractivity contribution is 9.10. The van der Waals surface area contributed by atoms with Crippen LogP contribution in [0.4, 0.5) is 21.9 Å². The van der Waals surface area contributed by atoms with E-state index in [0.29, 0.717) is 56.2 Å². The van der Waals surface area contributed by atoms with Crippen LogP contribution in [0, 0.1) is 24.0 Å². The lowest BCUT2D eigenvalue weighted by Gasteiger charge is -2.35. The van der Waals surface area contributed by atoms with Crippen LogP contribution in [0.1, 0.15) is 29.2 Å². The molecule has 4 aromatic rings. The van der Waals surface area contributed by atoms with Gasteiger partial charge < -0.3 is 9.47 Å². The van der Waals surface area contributed by atoms with Crippen molar-refractivity contribution in [2.45, 2.75) is 27.4 Å². The maximum Gasteiger partial charge on any atom is 0.343 e. The van der Waals surface area contributed by atoms with Crippen LogP contribution in [0.3, 0.4) is 0 Å². The van der Waals surface area contributed by atoms with Gasteiger partial charge in [-0.1, -0.05) is 36.4 Å². The molecule has 1 saturated heterocycles. The quantitative estimate of drug-likeness (QED) is 0.0782. The maximum atomic E-state index is 13.9. The molecule has 0 atom stereocenters. The number of non-ortho nitro benzene ring substituents is 1. The zero-order chi connectivity index (χ0) is 32.2. The Hall–Kier alpha value is -5.29. The number of halogens is 1. The van der Waals surface area contributed by atoms with Crippen molar-refractivity contribution in [3.63, 3.8) is 0 Å². The van der Waals surface area contributed by atoms with Crippen molar-refractivity contribution in [1.82, 2.24) is 0 Å². The van der Waals surface area contributed by atoms with E-state index in [4.69, 9.17) is 9.47 Å². The lowest BCUT2D eigenvalue weighted by molar-refractivity contribution is -0.384. The van der Waals surface area contributed by atoms with E-state index in [0.717, 1.165) is 9.80 Å². The number of hydrogen-bond acceptors (Lipinski definition) is 7. The molecule has 1 aliphatic rings. The predicted molar refractivity (Wildman–Crippen MR) is 173 cm³/mol. The monoisotopic (exact) mass is 669 g/mol. The summed E-state index contributed by atoms with van der Waals surface area (Å²) in [4.78, 5) is 54.3. The van der Waals surface area contributed by atoms with Crippen LogP contribution in [0.2, 0.25) is 0 Å². The van der Waals surface area contributed by atoms with Gasteiger partial charge in [0.25, 0.3) is 17.5 Å². The third kappa shape index (κ3) is 6.34. The number of imide groups is 2. The second-order valence-electron chi connectivity index (χ2n) is 10.2. The molecule has 0 aliphatic carbocycles. The summed E-state index contributed by atoms with van der Waals surface area (Å²) in [6, 6.07) is 22.5. The minimum Gasteiger partial charge on any atom is -0.490 e. The summed E-state index contributed by atoms with van der Waals surface area (Å²) >= 11 is 3.52. The van der Waals surface area contributed by atoms with Crippen LogP contribution in [0.25, 0.3) is 6.08 Å². The van der Waals surface area contributed by atoms with Gasteiger partial charge in [0.1, 0.15) is 12.2 Å². The van der Waals surface area contributed by atoms with Crippen LogP contribution >= 0.6 is 15.9 Å². The number of nitro benzene ring substituents is 1. The summed E-state index contributed by atoms with van der Waals surface area (Å²) in [5, 5.41) is 11.0. The molecule has 4 aromatic carbocycles. The minimum absolute atomic E-state index is 0.0252. The molecule has 0 spiro atoms. The number of para-hydroxylation sites is 2. The number of hydrogen-bond donors (Lipinski definition) is 0. The molecule has 1 fully saturated rings. The van der Waals surface area contributed by atoms with Crippen molar-refractivity contribution >= 4 is 56.9 Å². The van der Waals surface area contributed by atoms with E-state index in [9.17, 15) is 24.5 Å². The van der Waals surface area contributed by atoms with E-state index in [2.05, 4.69) is 15.9 Å². The van der Waals surface area contributed by atoms with Crippen molar-refractivity contribution in [1.29, 1.82) is 0 Å². The van der Waals surface area contributed by atoms with Crippen LogP contribution in [0.5, 0.6) is 11.5 Å². The fourth-order valence-corrected chi connectivity index (χ4v) is 5.47. The molecule has 228 valence electrons. The molecular weight excluding hydrogens is 642 g/mol. The Bertz CT molecular complexity index is 1780. The third-order valence-corrected chi connectivity index (χ3v) is 7.72. The van der Waals surface area contributed by atoms with Crippen molar-refractivity contribution < 1.29 is 28.8 Å². The second-order valence-corrected chi connectivity index (χ2v) is 11.0. The van der Waals surface area contributed by atoms with Gasteiger partial charge in [-0.15, -0.1) is 0 Å². The topological polar surface area (TPSA) is 119 Å². The molecule has 1 heterocycles. The van der Waals surface area contributed by atoms with Crippen molar-refractivity contribution in [3.8, 4) is 11.5 Å². The predicted octanol–water partition coefficient (Wildman–Crippen LogP) is 7.54. The smallest absolute Gasteiger partial charge is 0.343 e. The number of amides is 4. The summed E-state index contributed by atoms with van der Waals surface area (Å²) in [7, 11) is 0. The second kappa shape index (κ2) is 13.1. The fourth-order valence-electron chi connectivity index (χ4n) is 4.89. The number of nitro groups is 1. The largest absolute Gasteiger partial charge is 0.490 e. The van der Waals surface area contributed by atoms with Gasteiger partial charge in [0.15, 0.2) is 11.5 Å². The number of rotatable bonds is 9. The molecule has 5 rings (SSSR count). The standard InChI is InChI=1S/C34H28BrN3O7/c1-4-44-30-19-24(18-27(35)31(30)45-20-23-13-15-25(16-14-23)38(42)43)17-26-32(39)36(28-11-7-5-9-21(28)2)34(41)37(33(26)40)29-12-8-6-10-22(29)3/h5-19H,4,20H2,1-3H3. The van der Waals surface area contributed by atoms with Crippen LogP contribution < -0.4 is 19.3 Å². The van der Waals surface area contributed by atoms with Gasteiger partial charge in [-0.3, -0.25) is 19.7 Å². The Kier molecular flexibility index (Phi) is 9.10. The van der Waals surface area contributed by atoms with Gasteiger partial charge in [0, 0.05) is 12.1 Å². The van der Waals surface area contributed by atoms with E-state index in [1.807, 2.05) is 0 Å². The molecule has 0 unspecified atom stereocenters. The highest BCUT2D eigenvalue weighted by Gasteiger charge is 2.44. The molecule has 0 radical (unpaired) electrons. The first-order chi connectivity index (χ1) is 21.6. The number of carbonyl (C=O) groups is 3. The normalized spacial score (nSPS) is 13.2. The summed E-state index contributed by atoms with van der Waals surface area (Å²) in [5.74, 6) is -0.788. The number of barbiturate groups is 1. The lowest BCUT2D eigenvalue weighted by Crippen LogP contribution is -2.57. The molecule has 0 aromatic heterocycles. The summed E-state index contributed by atoms with van der Waals surface area (Å²) in [6.07, 6.45) is 1.43. The Morgan fingerprint density at radius 3 is 1.89 bits per heavy atom. The van der Waals surface area contributed by atoms with E-state index < -0.39 is 22.8 Å². The van der Waals surface area contributed by atoms with Crippen LogP contribution in [0.15, 0.2) is 95.0 Å². The number of benzene rings is 4. The highest BCUT2D eigenvalue weighted by Crippen LogP contribution is 2.39. The molecule has 0 N–H and O–H groups in total. The average Bonchev–Trinajstić information content (AvgIpc) is 3.01. The fraction of sp³-hybridized carbons (Fsp3) is 0.147. The van der Waals surface area contributed by atoms with Gasteiger partial charge in [0.2, 0.25) is 0 Å². The van der Waals surface area contributed by atoms with E-state index >= 15 is 0 Å². The number of carbonyl (C=O) groups excluding carboxylic acids is 3. The molecule has 0 bridgehead atoms. The summed E-state index contributed by atoms with van der Waals surface area (Å²) < 4.78 is 12.4. The molecular formula is C34H28BrN3O7. The number of nitrogens with zero attached hydrogens (tertiary/aromatic N) is 3. The van der Waals surface area contributed by atoms with Crippen molar-refractivity contribution in [2.75, 3.05) is 16.4 Å². The Morgan fingerprint density at radius 2 is 1.38 bits per heavy atom. The Morgan fingerprint density at radius 1 is 0.822 bits per heavy atom. The first kappa shape index (κ1) is 31.1. The highest BCUT2D eigenvalue weighted by atomic mass is 79.9. The van der Waals surface area contributed by atoms with Gasteiger partial charge in [-0.2, -0.15) is 0 Å². The number of ether oxygens (including phenoxy) is 2. The van der Waals surface area contributed by atoms with Gasteiger partial charge in [-0.25, -0.2) is 14.6 Å². The van der Waals surface area contributed by atoms with Crippen molar-refractivity contribution in [3.05, 3.63) is 127 Å². The third-order valence-electron chi connectivity index (χ3n) is 7.14. The average molecular weight is 671 g/mol. The van der Waals surface area contributed by atoms with E-state index in [-0.39, 0.29) is 17.9 Å². The molecule has 1 aliphatic heterocycles. The zero-order valence-electron chi connectivity index (χ0n) is 24.7. The molecule has 4 amide bonds. The van der Waals surface area contributed by atoms with Crippen LogP contribution in [-0.4, -0.2) is 29.4 Å². The number of anilines is 2. The van der Waals surface area contributed by atoms with Gasteiger partial charge in [-0.05, 0) is 101 Å². The first-order valence-corrected chi connectivity index (χ1v) is 14.8. The molecule has 45 heavy (non-hydrogen) atoms. The zero-order valence-corrected chi connectivity index (χ0v) is 26.2. The number of urea groups is 1. The van der Waals surface area contributed by atoms with E-state index in [1.165, 1.54) is 18.2 Å². The SMILES string of the molecule is CCOc1cc(C=C2C(=O)N(c3ccccc3C)C(=O)N(c3ccccc3C)C2=O)cc(Br)c1OCc1ccc([N+](=O)[O-])cc1. The first-order valence-electron chi connectivity index (χ1n) is 14.0. The Labute approximate surface area is 267 Å². The molecule has 11 heteroatoms. The van der Waals surface area contributed by atoms with Crippen LogP contribution in [-0.2, 0) is 16.2 Å². The maximum absolute atomic E-state index is 13.9. The van der Waals surface area contributed by atoms with Gasteiger partial charge in [0.05, 0.1) is 27.4 Å². The molecule has 10 nitrogen and oxygen atoms in total. The Balaban J connectivity index is 1.55. The minimum atomic E-state index is -0.767. The number of aryl methyl sites for hydroxylation is 2. The summed E-state index contributed by atoms with van der Waals surface area (Å²) in [6.45, 7) is 5.78. The van der Waals surface area contributed by atoms with Crippen molar-refractivity contribution in [2.24, 2.45) is 0 Å². The molecule has 0 saturated carbocycles. The van der Waals surface area contributed by atoms with E-state index in [1.54, 1.807) is 93.6 Å².